The van der Waals surface area contributed by atoms with Crippen molar-refractivity contribution in [2.24, 2.45) is 11.8 Å². The molecule has 4 rings (SSSR count). The van der Waals surface area contributed by atoms with Gasteiger partial charge in [0, 0.05) is 25.0 Å². The lowest BCUT2D eigenvalue weighted by molar-refractivity contribution is -0.129. The van der Waals surface area contributed by atoms with E-state index in [1.165, 1.54) is 17.0 Å². The second kappa shape index (κ2) is 10.8. The molecule has 9 nitrogen and oxygen atoms in total. The van der Waals surface area contributed by atoms with E-state index in [0.29, 0.717) is 25.4 Å². The smallest absolute Gasteiger partial charge is 0.328 e. The van der Waals surface area contributed by atoms with E-state index in [2.05, 4.69) is 15.4 Å². The topological polar surface area (TPSA) is 125 Å². The summed E-state index contributed by atoms with van der Waals surface area (Å²) in [6, 6.07) is 5.18. The average molecular weight is 491 g/mol. The fourth-order valence-electron chi connectivity index (χ4n) is 5.35. The minimum Gasteiger partial charge on any atom is -0.337 e. The summed E-state index contributed by atoms with van der Waals surface area (Å²) in [5.41, 5.74) is 0.840. The molecule has 1 heterocycles. The van der Waals surface area contributed by atoms with Gasteiger partial charge in [0.2, 0.25) is 5.91 Å². The van der Waals surface area contributed by atoms with Crippen LogP contribution in [0.2, 0.25) is 0 Å². The number of fused-ring (bicyclic) bond motifs is 1. The molecule has 1 aliphatic heterocycles. The summed E-state index contributed by atoms with van der Waals surface area (Å²) in [5.74, 6) is 0.226. The summed E-state index contributed by atoms with van der Waals surface area (Å²) in [4.78, 5) is 38.5. The van der Waals surface area contributed by atoms with Crippen LogP contribution in [0.1, 0.15) is 63.4 Å². The first kappa shape index (κ1) is 24.5. The van der Waals surface area contributed by atoms with E-state index in [1.54, 1.807) is 12.1 Å². The third-order valence-electron chi connectivity index (χ3n) is 7.25. The number of imide groups is 1. The van der Waals surface area contributed by atoms with Gasteiger partial charge in [-0.05, 0) is 55.7 Å². The molecule has 3 fully saturated rings. The van der Waals surface area contributed by atoms with Crippen LogP contribution < -0.4 is 15.4 Å². The minimum absolute atomic E-state index is 0.00403. The van der Waals surface area contributed by atoms with E-state index in [-0.39, 0.29) is 28.8 Å². The average Bonchev–Trinajstić information content (AvgIpc) is 3.16. The van der Waals surface area contributed by atoms with Gasteiger partial charge in [-0.1, -0.05) is 44.2 Å². The molecule has 2 saturated carbocycles. The Kier molecular flexibility index (Phi) is 7.75. The number of hydrogen-bond acceptors (Lipinski definition) is 5. The van der Waals surface area contributed by atoms with Crippen molar-refractivity contribution in [1.29, 1.82) is 0 Å². The zero-order valence-corrected chi connectivity index (χ0v) is 20.2. The van der Waals surface area contributed by atoms with E-state index in [4.69, 9.17) is 0 Å². The van der Waals surface area contributed by atoms with Crippen LogP contribution in [0.15, 0.2) is 29.2 Å². The third kappa shape index (κ3) is 5.89. The van der Waals surface area contributed by atoms with E-state index >= 15 is 0 Å². The lowest BCUT2D eigenvalue weighted by Crippen LogP contribution is -2.45. The zero-order chi connectivity index (χ0) is 24.1. The quantitative estimate of drug-likeness (QED) is 0.566. The number of hydrogen-bond donors (Lipinski definition) is 3. The van der Waals surface area contributed by atoms with Gasteiger partial charge in [-0.25, -0.2) is 22.7 Å². The summed E-state index contributed by atoms with van der Waals surface area (Å²) in [5, 5.41) is 5.55. The van der Waals surface area contributed by atoms with Crippen LogP contribution in [0.25, 0.3) is 0 Å². The van der Waals surface area contributed by atoms with Gasteiger partial charge in [-0.2, -0.15) is 0 Å². The summed E-state index contributed by atoms with van der Waals surface area (Å²) in [6.07, 6.45) is 9.50. The number of amides is 5. The maximum Gasteiger partial charge on any atom is 0.328 e. The van der Waals surface area contributed by atoms with Crippen molar-refractivity contribution in [2.75, 3.05) is 13.1 Å². The molecule has 3 aliphatic rings. The number of sulfonamides is 1. The van der Waals surface area contributed by atoms with Crippen LogP contribution in [0, 0.1) is 11.8 Å². The predicted molar refractivity (Wildman–Crippen MR) is 126 cm³/mol. The molecular formula is C24H34N4O5S. The van der Waals surface area contributed by atoms with Gasteiger partial charge >= 0.3 is 12.1 Å². The Morgan fingerprint density at radius 2 is 1.62 bits per heavy atom. The van der Waals surface area contributed by atoms with Crippen molar-refractivity contribution in [3.05, 3.63) is 29.8 Å². The van der Waals surface area contributed by atoms with Gasteiger partial charge in [0.05, 0.1) is 4.90 Å². The molecule has 5 amide bonds. The Hall–Kier alpha value is -2.62. The Balaban J connectivity index is 1.23. The van der Waals surface area contributed by atoms with Crippen LogP contribution in [-0.4, -0.2) is 50.4 Å². The van der Waals surface area contributed by atoms with Crippen molar-refractivity contribution in [3.8, 4) is 0 Å². The first-order valence-electron chi connectivity index (χ1n) is 12.3. The number of nitrogens with one attached hydrogen (secondary N) is 3. The Morgan fingerprint density at radius 3 is 2.32 bits per heavy atom. The second-order valence-corrected chi connectivity index (χ2v) is 11.3. The lowest BCUT2D eigenvalue weighted by Gasteiger charge is -2.22. The van der Waals surface area contributed by atoms with Gasteiger partial charge < -0.3 is 10.6 Å². The van der Waals surface area contributed by atoms with E-state index in [1.807, 2.05) is 0 Å². The number of nitrogens with zero attached hydrogens (tertiary/aromatic N) is 1. The van der Waals surface area contributed by atoms with Crippen molar-refractivity contribution in [1.82, 2.24) is 20.3 Å². The highest BCUT2D eigenvalue weighted by Gasteiger charge is 2.43. The molecule has 3 N–H and O–H groups in total. The van der Waals surface area contributed by atoms with Crippen LogP contribution in [0.3, 0.4) is 0 Å². The summed E-state index contributed by atoms with van der Waals surface area (Å²) in [7, 11) is -3.96. The number of likely N-dealkylation sites (tertiary alicyclic amines) is 1. The first-order valence-corrected chi connectivity index (χ1v) is 13.8. The third-order valence-corrected chi connectivity index (χ3v) is 8.59. The molecule has 2 atom stereocenters. The molecule has 1 aromatic rings. The monoisotopic (exact) mass is 490 g/mol. The van der Waals surface area contributed by atoms with Crippen LogP contribution in [0.5, 0.6) is 0 Å². The van der Waals surface area contributed by atoms with Crippen LogP contribution in [0.4, 0.5) is 9.59 Å². The highest BCUT2D eigenvalue weighted by atomic mass is 32.2. The first-order chi connectivity index (χ1) is 16.3. The Morgan fingerprint density at radius 1 is 0.941 bits per heavy atom. The molecule has 0 bridgehead atoms. The summed E-state index contributed by atoms with van der Waals surface area (Å²) >= 11 is 0. The number of urea groups is 2. The normalized spacial score (nSPS) is 23.3. The molecule has 0 aromatic heterocycles. The van der Waals surface area contributed by atoms with Crippen LogP contribution >= 0.6 is 0 Å². The van der Waals surface area contributed by atoms with Gasteiger partial charge in [0.25, 0.3) is 10.0 Å². The number of rotatable bonds is 6. The SMILES string of the molecule is O=C(NC1CCCCC1)NS(=O)(=O)c1ccc(CCNC(=O)N2CC3CCCCC3C2=O)cc1. The molecule has 1 saturated heterocycles. The number of carbonyl (C=O) groups is 3. The van der Waals surface area contributed by atoms with Gasteiger partial charge in [-0.15, -0.1) is 0 Å². The van der Waals surface area contributed by atoms with Crippen LogP contribution in [-0.2, 0) is 21.2 Å². The molecule has 1 aromatic carbocycles. The van der Waals surface area contributed by atoms with E-state index < -0.39 is 16.1 Å². The fourth-order valence-corrected chi connectivity index (χ4v) is 6.26. The molecule has 2 aliphatic carbocycles. The lowest BCUT2D eigenvalue weighted by atomic mass is 9.81. The van der Waals surface area contributed by atoms with E-state index in [0.717, 1.165) is 63.4 Å². The highest BCUT2D eigenvalue weighted by Crippen LogP contribution is 2.36. The molecule has 2 unspecified atom stereocenters. The maximum absolute atomic E-state index is 12.5. The maximum atomic E-state index is 12.5. The van der Waals surface area contributed by atoms with Crippen molar-refractivity contribution < 1.29 is 22.8 Å². The van der Waals surface area contributed by atoms with Crippen molar-refractivity contribution >= 4 is 28.0 Å². The molecule has 0 radical (unpaired) electrons. The molecule has 0 spiro atoms. The Bertz CT molecular complexity index is 1000. The van der Waals surface area contributed by atoms with E-state index in [9.17, 15) is 22.8 Å². The molecule has 186 valence electrons. The minimum atomic E-state index is -3.96. The van der Waals surface area contributed by atoms with Gasteiger partial charge in [0.1, 0.15) is 0 Å². The Labute approximate surface area is 201 Å². The zero-order valence-electron chi connectivity index (χ0n) is 19.4. The summed E-state index contributed by atoms with van der Waals surface area (Å²) < 4.78 is 27.1. The fraction of sp³-hybridized carbons (Fsp3) is 0.625. The second-order valence-electron chi connectivity index (χ2n) is 9.64. The number of benzene rings is 1. The van der Waals surface area contributed by atoms with Crippen molar-refractivity contribution in [3.63, 3.8) is 0 Å². The molecular weight excluding hydrogens is 456 g/mol. The molecule has 10 heteroatoms. The molecule has 34 heavy (non-hydrogen) atoms. The standard InChI is InChI=1S/C24H34N4O5S/c29-22-21-9-5-4-6-18(21)16-28(22)24(31)25-15-14-17-10-12-20(13-11-17)34(32,33)27-23(30)26-19-7-2-1-3-8-19/h10-13,18-19,21H,1-9,14-16H2,(H,25,31)(H2,26,27,30). The predicted octanol–water partition coefficient (Wildman–Crippen LogP) is 2.91. The highest BCUT2D eigenvalue weighted by molar-refractivity contribution is 7.90. The number of carbonyl (C=O) groups excluding carboxylic acids is 3. The van der Waals surface area contributed by atoms with Crippen molar-refractivity contribution in [2.45, 2.75) is 75.1 Å². The van der Waals surface area contributed by atoms with Gasteiger partial charge in [0.15, 0.2) is 0 Å². The largest absolute Gasteiger partial charge is 0.337 e. The summed E-state index contributed by atoms with van der Waals surface area (Å²) in [6.45, 7) is 0.843. The van der Waals surface area contributed by atoms with Gasteiger partial charge in [-0.3, -0.25) is 9.69 Å².